The van der Waals surface area contributed by atoms with Crippen LogP contribution in [0.2, 0.25) is 0 Å². The molecule has 0 amide bonds. The van der Waals surface area contributed by atoms with Crippen molar-refractivity contribution >= 4 is 10.8 Å². The smallest absolute Gasteiger partial charge is 0.119 e. The van der Waals surface area contributed by atoms with Gasteiger partial charge in [-0.15, -0.1) is 0 Å². The van der Waals surface area contributed by atoms with E-state index in [1.807, 2.05) is 32.2 Å². The van der Waals surface area contributed by atoms with Gasteiger partial charge in [0, 0.05) is 34.9 Å². The SMILES string of the molecule is CCCC(OCC)c1cnc(-c2c(C)ccc(O)c2C)c2ccccc12. The fourth-order valence-electron chi connectivity index (χ4n) is 3.66. The third-order valence-corrected chi connectivity index (χ3v) is 4.97. The number of aromatic hydroxyl groups is 1. The zero-order valence-electron chi connectivity index (χ0n) is 16.0. The fraction of sp³-hybridized carbons (Fsp3) is 0.348. The van der Waals surface area contributed by atoms with E-state index in [9.17, 15) is 5.11 Å². The molecule has 0 saturated heterocycles. The third-order valence-electron chi connectivity index (χ3n) is 4.97. The summed E-state index contributed by atoms with van der Waals surface area (Å²) < 4.78 is 6.01. The molecule has 3 aromatic rings. The van der Waals surface area contributed by atoms with Gasteiger partial charge in [-0.25, -0.2) is 0 Å². The summed E-state index contributed by atoms with van der Waals surface area (Å²) in [6.45, 7) is 8.90. The first kappa shape index (κ1) is 18.4. The molecule has 0 aliphatic carbocycles. The summed E-state index contributed by atoms with van der Waals surface area (Å²) in [5, 5.41) is 12.5. The predicted molar refractivity (Wildman–Crippen MR) is 108 cm³/mol. The van der Waals surface area contributed by atoms with Crippen molar-refractivity contribution in [1.29, 1.82) is 0 Å². The Labute approximate surface area is 155 Å². The molecule has 0 aliphatic heterocycles. The molecule has 26 heavy (non-hydrogen) atoms. The van der Waals surface area contributed by atoms with E-state index in [1.54, 1.807) is 6.07 Å². The van der Waals surface area contributed by atoms with Crippen LogP contribution in [0.15, 0.2) is 42.6 Å². The Hall–Kier alpha value is -2.39. The van der Waals surface area contributed by atoms with E-state index in [2.05, 4.69) is 32.0 Å². The van der Waals surface area contributed by atoms with Gasteiger partial charge in [-0.05, 0) is 44.2 Å². The van der Waals surface area contributed by atoms with Crippen LogP contribution in [0.5, 0.6) is 5.75 Å². The summed E-state index contributed by atoms with van der Waals surface area (Å²) in [5.41, 5.74) is 5.05. The van der Waals surface area contributed by atoms with Crippen LogP contribution in [-0.2, 0) is 4.74 Å². The van der Waals surface area contributed by atoms with Crippen molar-refractivity contribution in [2.75, 3.05) is 6.61 Å². The van der Waals surface area contributed by atoms with Crippen LogP contribution in [-0.4, -0.2) is 16.7 Å². The highest BCUT2D eigenvalue weighted by molar-refractivity contribution is 5.98. The first-order chi connectivity index (χ1) is 12.6. The lowest BCUT2D eigenvalue weighted by Crippen LogP contribution is -2.06. The number of aryl methyl sites for hydroxylation is 1. The maximum Gasteiger partial charge on any atom is 0.119 e. The minimum Gasteiger partial charge on any atom is -0.508 e. The van der Waals surface area contributed by atoms with Crippen LogP contribution in [0.4, 0.5) is 0 Å². The summed E-state index contributed by atoms with van der Waals surface area (Å²) >= 11 is 0. The van der Waals surface area contributed by atoms with Gasteiger partial charge >= 0.3 is 0 Å². The maximum absolute atomic E-state index is 10.2. The van der Waals surface area contributed by atoms with Gasteiger partial charge < -0.3 is 9.84 Å². The first-order valence-electron chi connectivity index (χ1n) is 9.37. The molecule has 1 unspecified atom stereocenters. The molecule has 3 heteroatoms. The largest absolute Gasteiger partial charge is 0.508 e. The number of aromatic nitrogens is 1. The molecule has 0 saturated carbocycles. The average molecular weight is 349 g/mol. The molecule has 1 atom stereocenters. The van der Waals surface area contributed by atoms with Gasteiger partial charge in [-0.1, -0.05) is 43.7 Å². The fourth-order valence-corrected chi connectivity index (χ4v) is 3.66. The second-order valence-electron chi connectivity index (χ2n) is 6.74. The maximum atomic E-state index is 10.2. The molecule has 0 bridgehead atoms. The molecule has 0 spiro atoms. The highest BCUT2D eigenvalue weighted by Crippen LogP contribution is 2.38. The van der Waals surface area contributed by atoms with Crippen LogP contribution < -0.4 is 0 Å². The summed E-state index contributed by atoms with van der Waals surface area (Å²) in [5.74, 6) is 0.304. The molecular formula is C23H27NO2. The number of nitrogens with zero attached hydrogens (tertiary/aromatic N) is 1. The first-order valence-corrected chi connectivity index (χ1v) is 9.37. The predicted octanol–water partition coefficient (Wildman–Crippen LogP) is 6.10. The Morgan fingerprint density at radius 1 is 1.04 bits per heavy atom. The Kier molecular flexibility index (Phi) is 5.58. The normalized spacial score (nSPS) is 12.5. The van der Waals surface area contributed by atoms with Gasteiger partial charge in [-0.3, -0.25) is 4.98 Å². The van der Waals surface area contributed by atoms with Crippen LogP contribution in [0.1, 0.15) is 49.5 Å². The molecule has 2 aromatic carbocycles. The zero-order valence-corrected chi connectivity index (χ0v) is 16.0. The van der Waals surface area contributed by atoms with Gasteiger partial charge in [0.2, 0.25) is 0 Å². The second-order valence-corrected chi connectivity index (χ2v) is 6.74. The minimum atomic E-state index is 0.0582. The summed E-state index contributed by atoms with van der Waals surface area (Å²) in [6.07, 6.45) is 4.05. The monoisotopic (exact) mass is 349 g/mol. The summed E-state index contributed by atoms with van der Waals surface area (Å²) in [7, 11) is 0. The van der Waals surface area contributed by atoms with Crippen LogP contribution >= 0.6 is 0 Å². The van der Waals surface area contributed by atoms with E-state index in [-0.39, 0.29) is 6.10 Å². The van der Waals surface area contributed by atoms with Crippen LogP contribution in [0.3, 0.4) is 0 Å². The Bertz CT molecular complexity index is 911. The second kappa shape index (κ2) is 7.88. The molecule has 1 heterocycles. The number of phenolic OH excluding ortho intramolecular Hbond substituents is 1. The molecular weight excluding hydrogens is 322 g/mol. The summed E-state index contributed by atoms with van der Waals surface area (Å²) in [4.78, 5) is 4.83. The van der Waals surface area contributed by atoms with Gasteiger partial charge in [-0.2, -0.15) is 0 Å². The van der Waals surface area contributed by atoms with E-state index in [0.29, 0.717) is 12.4 Å². The van der Waals surface area contributed by atoms with Crippen molar-refractivity contribution in [2.24, 2.45) is 0 Å². The number of hydrogen-bond acceptors (Lipinski definition) is 3. The van der Waals surface area contributed by atoms with E-state index >= 15 is 0 Å². The van der Waals surface area contributed by atoms with E-state index in [0.717, 1.165) is 46.2 Å². The van der Waals surface area contributed by atoms with Crippen molar-refractivity contribution < 1.29 is 9.84 Å². The van der Waals surface area contributed by atoms with Gasteiger partial charge in [0.1, 0.15) is 5.75 Å². The average Bonchev–Trinajstić information content (AvgIpc) is 2.65. The zero-order chi connectivity index (χ0) is 18.7. The topological polar surface area (TPSA) is 42.4 Å². The van der Waals surface area contributed by atoms with E-state index in [1.165, 1.54) is 5.39 Å². The van der Waals surface area contributed by atoms with E-state index < -0.39 is 0 Å². The number of phenols is 1. The van der Waals surface area contributed by atoms with Crippen molar-refractivity contribution in [1.82, 2.24) is 4.98 Å². The number of ether oxygens (including phenoxy) is 1. The van der Waals surface area contributed by atoms with Crippen LogP contribution in [0.25, 0.3) is 22.0 Å². The lowest BCUT2D eigenvalue weighted by atomic mass is 9.92. The van der Waals surface area contributed by atoms with Crippen molar-refractivity contribution in [2.45, 2.75) is 46.6 Å². The Morgan fingerprint density at radius 2 is 1.77 bits per heavy atom. The molecule has 3 nitrogen and oxygen atoms in total. The van der Waals surface area contributed by atoms with Crippen molar-refractivity contribution in [3.8, 4) is 17.0 Å². The highest BCUT2D eigenvalue weighted by Gasteiger charge is 2.19. The number of hydrogen-bond donors (Lipinski definition) is 1. The molecule has 0 fully saturated rings. The molecule has 136 valence electrons. The van der Waals surface area contributed by atoms with Crippen LogP contribution in [0, 0.1) is 13.8 Å². The van der Waals surface area contributed by atoms with Gasteiger partial charge in [0.05, 0.1) is 11.8 Å². The third kappa shape index (κ3) is 3.32. The minimum absolute atomic E-state index is 0.0582. The van der Waals surface area contributed by atoms with Crippen molar-refractivity contribution in [3.63, 3.8) is 0 Å². The number of rotatable bonds is 6. The standard InChI is InChI=1S/C23H27NO2/c1-5-9-21(26-6-2)19-14-24-23(18-11-8-7-10-17(18)19)22-15(3)12-13-20(25)16(22)4/h7-8,10-14,21,25H,5-6,9H2,1-4H3. The lowest BCUT2D eigenvalue weighted by Gasteiger charge is -2.20. The molecule has 1 N–H and O–H groups in total. The van der Waals surface area contributed by atoms with Gasteiger partial charge in [0.25, 0.3) is 0 Å². The highest BCUT2D eigenvalue weighted by atomic mass is 16.5. The molecule has 0 radical (unpaired) electrons. The van der Waals surface area contributed by atoms with E-state index in [4.69, 9.17) is 9.72 Å². The molecule has 3 rings (SSSR count). The van der Waals surface area contributed by atoms with Crippen molar-refractivity contribution in [3.05, 3.63) is 59.3 Å². The number of fused-ring (bicyclic) bond motifs is 1. The molecule has 0 aliphatic rings. The Morgan fingerprint density at radius 3 is 2.46 bits per heavy atom. The number of pyridine rings is 1. The lowest BCUT2D eigenvalue weighted by molar-refractivity contribution is 0.0565. The quantitative estimate of drug-likeness (QED) is 0.584. The number of benzene rings is 2. The van der Waals surface area contributed by atoms with Gasteiger partial charge in [0.15, 0.2) is 0 Å². The molecule has 1 aromatic heterocycles. The Balaban J connectivity index is 2.26. The summed E-state index contributed by atoms with van der Waals surface area (Å²) in [6, 6.07) is 12.1.